The van der Waals surface area contributed by atoms with Gasteiger partial charge in [-0.25, -0.2) is 4.79 Å². The predicted molar refractivity (Wildman–Crippen MR) is 130 cm³/mol. The third kappa shape index (κ3) is 13.2. The largest absolute Gasteiger partial charge is 0.489 e. The Morgan fingerprint density at radius 1 is 1.00 bits per heavy atom. The number of rotatable bonds is 9. The van der Waals surface area contributed by atoms with Crippen molar-refractivity contribution in [1.29, 1.82) is 0 Å². The molecule has 7 heteroatoms. The molecule has 182 valence electrons. The molecule has 0 heterocycles. The van der Waals surface area contributed by atoms with E-state index in [1.165, 1.54) is 7.11 Å². The van der Waals surface area contributed by atoms with E-state index in [0.29, 0.717) is 19.6 Å². The highest BCUT2D eigenvalue weighted by molar-refractivity contribution is 5.75. The van der Waals surface area contributed by atoms with Gasteiger partial charge in [0.1, 0.15) is 24.0 Å². The maximum Gasteiger partial charge on any atom is 0.407 e. The van der Waals surface area contributed by atoms with Gasteiger partial charge in [0, 0.05) is 6.54 Å². The Bertz CT molecular complexity index is 817. The maximum atomic E-state index is 11.3. The summed E-state index contributed by atoms with van der Waals surface area (Å²) in [6.07, 6.45) is 2.21. The molecule has 2 aromatic rings. The van der Waals surface area contributed by atoms with Crippen molar-refractivity contribution in [3.63, 3.8) is 0 Å². The number of nitrogens with one attached hydrogen (secondary N) is 1. The molecule has 0 aliphatic rings. The summed E-state index contributed by atoms with van der Waals surface area (Å²) in [5, 5.41) is 2.68. The van der Waals surface area contributed by atoms with Crippen molar-refractivity contribution in [1.82, 2.24) is 5.32 Å². The van der Waals surface area contributed by atoms with E-state index in [9.17, 15) is 9.59 Å². The average Bonchev–Trinajstić information content (AvgIpc) is 2.78. The standard InChI is InChI=1S/C17H19NO3.C9H19NO2/c1-20-17(19)16(18)11-13-7-9-15(10-8-13)21-12-14-5-3-2-4-6-14;1-5-6-7-10-8(11)12-9(2,3)4/h2-10,16H,11-12,18H2,1H3;5-7H2,1-4H3,(H,10,11)/t16-;/m0./s1. The molecule has 0 saturated carbocycles. The summed E-state index contributed by atoms with van der Waals surface area (Å²) in [5.41, 5.74) is 7.43. The van der Waals surface area contributed by atoms with Crippen LogP contribution in [0.3, 0.4) is 0 Å². The Balaban J connectivity index is 0.000000389. The second-order valence-corrected chi connectivity index (χ2v) is 8.53. The number of benzene rings is 2. The maximum absolute atomic E-state index is 11.3. The molecule has 3 N–H and O–H groups in total. The third-order valence-electron chi connectivity index (χ3n) is 4.33. The Hall–Kier alpha value is -3.06. The Morgan fingerprint density at radius 2 is 1.64 bits per heavy atom. The van der Waals surface area contributed by atoms with Crippen LogP contribution in [0.25, 0.3) is 0 Å². The fourth-order valence-electron chi connectivity index (χ4n) is 2.63. The van der Waals surface area contributed by atoms with Gasteiger partial charge in [0.05, 0.1) is 7.11 Å². The normalized spacial score (nSPS) is 11.5. The molecule has 0 saturated heterocycles. The van der Waals surface area contributed by atoms with Crippen molar-refractivity contribution in [2.75, 3.05) is 13.7 Å². The predicted octanol–water partition coefficient (Wildman–Crippen LogP) is 4.62. The molecule has 33 heavy (non-hydrogen) atoms. The van der Waals surface area contributed by atoms with Gasteiger partial charge in [0.15, 0.2) is 0 Å². The topological polar surface area (TPSA) is 99.9 Å². The number of methoxy groups -OCH3 is 1. The second kappa shape index (κ2) is 14.9. The number of amides is 1. The summed E-state index contributed by atoms with van der Waals surface area (Å²) in [6, 6.07) is 16.9. The van der Waals surface area contributed by atoms with Crippen molar-refractivity contribution in [3.05, 3.63) is 65.7 Å². The van der Waals surface area contributed by atoms with Crippen molar-refractivity contribution >= 4 is 12.1 Å². The first kappa shape index (κ1) is 28.0. The molecule has 2 rings (SSSR count). The van der Waals surface area contributed by atoms with Crippen LogP contribution in [0.15, 0.2) is 54.6 Å². The number of hydrogen-bond donors (Lipinski definition) is 2. The molecule has 0 aliphatic heterocycles. The zero-order chi connectivity index (χ0) is 24.7. The zero-order valence-electron chi connectivity index (χ0n) is 20.4. The molecule has 0 bridgehead atoms. The number of alkyl carbamates (subject to hydrolysis) is 1. The summed E-state index contributed by atoms with van der Waals surface area (Å²) in [5.74, 6) is 0.383. The number of nitrogens with two attached hydrogens (primary N) is 1. The minimum Gasteiger partial charge on any atom is -0.489 e. The fraction of sp³-hybridized carbons (Fsp3) is 0.462. The molecular formula is C26H38N2O5. The Kier molecular flexibility index (Phi) is 12.6. The SMILES string of the molecule is CCCCNC(=O)OC(C)(C)C.COC(=O)[C@@H](N)Cc1ccc(OCc2ccccc2)cc1. The molecule has 0 radical (unpaired) electrons. The molecule has 1 atom stereocenters. The van der Waals surface area contributed by atoms with Crippen LogP contribution in [0.1, 0.15) is 51.7 Å². The van der Waals surface area contributed by atoms with Gasteiger partial charge >= 0.3 is 12.1 Å². The number of esters is 1. The average molecular weight is 459 g/mol. The van der Waals surface area contributed by atoms with Crippen molar-refractivity contribution in [3.8, 4) is 5.75 Å². The molecule has 0 fully saturated rings. The number of carbonyl (C=O) groups excluding carboxylic acids is 2. The van der Waals surface area contributed by atoms with E-state index in [0.717, 1.165) is 29.7 Å². The molecular weight excluding hydrogens is 420 g/mol. The minimum atomic E-state index is -0.633. The van der Waals surface area contributed by atoms with Crippen LogP contribution < -0.4 is 15.8 Å². The van der Waals surface area contributed by atoms with Gasteiger partial charge in [0.25, 0.3) is 0 Å². The van der Waals surface area contributed by atoms with Crippen LogP contribution in [0.4, 0.5) is 4.79 Å². The smallest absolute Gasteiger partial charge is 0.407 e. The van der Waals surface area contributed by atoms with Crippen LogP contribution >= 0.6 is 0 Å². The van der Waals surface area contributed by atoms with Crippen molar-refractivity contribution in [2.45, 2.75) is 65.2 Å². The monoisotopic (exact) mass is 458 g/mol. The van der Waals surface area contributed by atoms with E-state index in [4.69, 9.17) is 15.2 Å². The number of unbranched alkanes of at least 4 members (excludes halogenated alkanes) is 1. The van der Waals surface area contributed by atoms with E-state index in [2.05, 4.69) is 17.0 Å². The van der Waals surface area contributed by atoms with Crippen LogP contribution in [0.2, 0.25) is 0 Å². The van der Waals surface area contributed by atoms with Gasteiger partial charge in [-0.05, 0) is 56.9 Å². The second-order valence-electron chi connectivity index (χ2n) is 8.53. The van der Waals surface area contributed by atoms with Gasteiger partial charge in [-0.3, -0.25) is 4.79 Å². The number of ether oxygens (including phenoxy) is 3. The Morgan fingerprint density at radius 3 is 2.18 bits per heavy atom. The van der Waals surface area contributed by atoms with E-state index < -0.39 is 17.6 Å². The van der Waals surface area contributed by atoms with Crippen LogP contribution in [-0.2, 0) is 27.3 Å². The van der Waals surface area contributed by atoms with Crippen LogP contribution in [-0.4, -0.2) is 37.4 Å². The van der Waals surface area contributed by atoms with Gasteiger partial charge in [-0.2, -0.15) is 0 Å². The fourth-order valence-corrected chi connectivity index (χ4v) is 2.63. The lowest BCUT2D eigenvalue weighted by Crippen LogP contribution is -2.33. The van der Waals surface area contributed by atoms with Crippen LogP contribution in [0, 0.1) is 0 Å². The summed E-state index contributed by atoms with van der Waals surface area (Å²) >= 11 is 0. The highest BCUT2D eigenvalue weighted by Crippen LogP contribution is 2.15. The summed E-state index contributed by atoms with van der Waals surface area (Å²) in [4.78, 5) is 22.3. The summed E-state index contributed by atoms with van der Waals surface area (Å²) in [7, 11) is 1.34. The van der Waals surface area contributed by atoms with E-state index >= 15 is 0 Å². The first-order valence-corrected chi connectivity index (χ1v) is 11.2. The Labute approximate surface area is 197 Å². The first-order chi connectivity index (χ1) is 15.6. The van der Waals surface area contributed by atoms with Crippen molar-refractivity contribution < 1.29 is 23.8 Å². The molecule has 1 amide bonds. The molecule has 0 aliphatic carbocycles. The lowest BCUT2D eigenvalue weighted by molar-refractivity contribution is -0.142. The highest BCUT2D eigenvalue weighted by atomic mass is 16.6. The van der Waals surface area contributed by atoms with Crippen LogP contribution in [0.5, 0.6) is 5.75 Å². The minimum absolute atomic E-state index is 0.323. The third-order valence-corrected chi connectivity index (χ3v) is 4.33. The first-order valence-electron chi connectivity index (χ1n) is 11.2. The van der Waals surface area contributed by atoms with E-state index in [1.54, 1.807) is 0 Å². The summed E-state index contributed by atoms with van der Waals surface area (Å²) in [6.45, 7) is 8.87. The van der Waals surface area contributed by atoms with E-state index in [1.807, 2.05) is 75.4 Å². The lowest BCUT2D eigenvalue weighted by Gasteiger charge is -2.19. The lowest BCUT2D eigenvalue weighted by atomic mass is 10.1. The molecule has 7 nitrogen and oxygen atoms in total. The molecule has 0 aromatic heterocycles. The zero-order valence-corrected chi connectivity index (χ0v) is 20.4. The van der Waals surface area contributed by atoms with Crippen molar-refractivity contribution in [2.24, 2.45) is 5.73 Å². The van der Waals surface area contributed by atoms with Gasteiger partial charge < -0.3 is 25.3 Å². The quantitative estimate of drug-likeness (QED) is 0.420. The van der Waals surface area contributed by atoms with Gasteiger partial charge in [-0.15, -0.1) is 0 Å². The number of carbonyl (C=O) groups is 2. The van der Waals surface area contributed by atoms with E-state index in [-0.39, 0.29) is 6.09 Å². The molecule has 0 spiro atoms. The highest BCUT2D eigenvalue weighted by Gasteiger charge is 2.15. The number of hydrogen-bond acceptors (Lipinski definition) is 6. The summed E-state index contributed by atoms with van der Waals surface area (Å²) < 4.78 is 15.3. The molecule has 2 aromatic carbocycles. The van der Waals surface area contributed by atoms with Gasteiger partial charge in [-0.1, -0.05) is 55.8 Å². The van der Waals surface area contributed by atoms with Gasteiger partial charge in [0.2, 0.25) is 0 Å². The molecule has 0 unspecified atom stereocenters.